The molecule has 0 bridgehead atoms. The number of rotatable bonds is 8. The fraction of sp³-hybridized carbons (Fsp3) is 0.833. The van der Waals surface area contributed by atoms with E-state index < -0.39 is 0 Å². The van der Waals surface area contributed by atoms with Gasteiger partial charge in [-0.1, -0.05) is 13.8 Å². The van der Waals surface area contributed by atoms with E-state index >= 15 is 0 Å². The number of hydrogen-bond donors (Lipinski definition) is 1. The Kier molecular flexibility index (Phi) is 7.06. The van der Waals surface area contributed by atoms with E-state index in [1.807, 2.05) is 4.68 Å². The van der Waals surface area contributed by atoms with Crippen molar-refractivity contribution in [2.75, 3.05) is 32.8 Å². The molecule has 0 aromatic carbocycles. The molecule has 0 spiro atoms. The average molecular weight is 322 g/mol. The first-order valence-electron chi connectivity index (χ1n) is 9.13. The quantitative estimate of drug-likeness (QED) is 0.796. The molecule has 2 rings (SSSR count). The summed E-state index contributed by atoms with van der Waals surface area (Å²) < 4.78 is 2.02. The lowest BCUT2D eigenvalue weighted by atomic mass is 10.1. The molecule has 2 heterocycles. The van der Waals surface area contributed by atoms with Gasteiger partial charge in [-0.25, -0.2) is 0 Å². The van der Waals surface area contributed by atoms with Gasteiger partial charge in [0, 0.05) is 57.1 Å². The Labute approximate surface area is 141 Å². The van der Waals surface area contributed by atoms with Crippen molar-refractivity contribution < 1.29 is 5.11 Å². The van der Waals surface area contributed by atoms with Crippen LogP contribution in [0.2, 0.25) is 0 Å². The first kappa shape index (κ1) is 18.4. The fourth-order valence-corrected chi connectivity index (χ4v) is 3.36. The van der Waals surface area contributed by atoms with Gasteiger partial charge in [-0.2, -0.15) is 5.10 Å². The molecule has 5 heteroatoms. The minimum atomic E-state index is 0.281. The summed E-state index contributed by atoms with van der Waals surface area (Å²) in [6.45, 7) is 15.4. The predicted molar refractivity (Wildman–Crippen MR) is 94.4 cm³/mol. The molecular formula is C18H34N4O. The van der Waals surface area contributed by atoms with Crippen molar-refractivity contribution in [1.29, 1.82) is 0 Å². The molecule has 23 heavy (non-hydrogen) atoms. The SMILES string of the molecule is CCn1cc(CN2CCN(CCC(C)C)C(CCO)C2)c(C)n1. The topological polar surface area (TPSA) is 44.5 Å². The monoisotopic (exact) mass is 322 g/mol. The molecule has 1 aliphatic heterocycles. The lowest BCUT2D eigenvalue weighted by Gasteiger charge is -2.41. The number of aromatic nitrogens is 2. The first-order chi connectivity index (χ1) is 11.0. The van der Waals surface area contributed by atoms with Crippen molar-refractivity contribution in [2.45, 2.75) is 59.7 Å². The van der Waals surface area contributed by atoms with Gasteiger partial charge in [0.05, 0.1) is 5.69 Å². The lowest BCUT2D eigenvalue weighted by molar-refractivity contribution is 0.0523. The second-order valence-electron chi connectivity index (χ2n) is 7.22. The third-order valence-electron chi connectivity index (χ3n) is 4.91. The Morgan fingerprint density at radius 3 is 2.74 bits per heavy atom. The van der Waals surface area contributed by atoms with Crippen LogP contribution in [0.25, 0.3) is 0 Å². The van der Waals surface area contributed by atoms with E-state index in [4.69, 9.17) is 0 Å². The van der Waals surface area contributed by atoms with Crippen molar-refractivity contribution >= 4 is 0 Å². The largest absolute Gasteiger partial charge is 0.396 e. The van der Waals surface area contributed by atoms with Crippen LogP contribution >= 0.6 is 0 Å². The maximum absolute atomic E-state index is 9.41. The Morgan fingerprint density at radius 2 is 2.13 bits per heavy atom. The predicted octanol–water partition coefficient (Wildman–Crippen LogP) is 2.13. The van der Waals surface area contributed by atoms with E-state index in [2.05, 4.69) is 48.8 Å². The third-order valence-corrected chi connectivity index (χ3v) is 4.91. The number of piperazine rings is 1. The summed E-state index contributed by atoms with van der Waals surface area (Å²) in [5.74, 6) is 0.741. The normalized spacial score (nSPS) is 20.5. The van der Waals surface area contributed by atoms with Gasteiger partial charge >= 0.3 is 0 Å². The zero-order valence-corrected chi connectivity index (χ0v) is 15.3. The van der Waals surface area contributed by atoms with Gasteiger partial charge in [-0.15, -0.1) is 0 Å². The summed E-state index contributed by atoms with van der Waals surface area (Å²) >= 11 is 0. The Balaban J connectivity index is 1.93. The molecular weight excluding hydrogens is 288 g/mol. The van der Waals surface area contributed by atoms with E-state index in [9.17, 15) is 5.11 Å². The number of aliphatic hydroxyl groups excluding tert-OH is 1. The molecule has 0 aliphatic carbocycles. The molecule has 1 aliphatic rings. The van der Waals surface area contributed by atoms with E-state index in [1.165, 1.54) is 12.0 Å². The van der Waals surface area contributed by atoms with Crippen molar-refractivity contribution in [1.82, 2.24) is 19.6 Å². The molecule has 132 valence electrons. The summed E-state index contributed by atoms with van der Waals surface area (Å²) in [7, 11) is 0. The van der Waals surface area contributed by atoms with Crippen LogP contribution in [0, 0.1) is 12.8 Å². The Bertz CT molecular complexity index is 472. The highest BCUT2D eigenvalue weighted by Crippen LogP contribution is 2.18. The molecule has 1 aromatic heterocycles. The smallest absolute Gasteiger partial charge is 0.0638 e. The molecule has 0 amide bonds. The second kappa shape index (κ2) is 8.81. The molecule has 0 radical (unpaired) electrons. The van der Waals surface area contributed by atoms with Crippen LogP contribution in [0.15, 0.2) is 6.20 Å². The highest BCUT2D eigenvalue weighted by molar-refractivity contribution is 5.15. The number of aryl methyl sites for hydroxylation is 2. The number of nitrogens with zero attached hydrogens (tertiary/aromatic N) is 4. The van der Waals surface area contributed by atoms with Crippen LogP contribution < -0.4 is 0 Å². The molecule has 5 nitrogen and oxygen atoms in total. The standard InChI is InChI=1S/C18H34N4O/c1-5-22-13-17(16(4)19-22)12-20-9-10-21(8-6-15(2)3)18(14-20)7-11-23/h13,15,18,23H,5-12,14H2,1-4H3. The second-order valence-corrected chi connectivity index (χ2v) is 7.22. The summed E-state index contributed by atoms with van der Waals surface area (Å²) in [5, 5.41) is 14.0. The van der Waals surface area contributed by atoms with E-state index in [-0.39, 0.29) is 6.61 Å². The van der Waals surface area contributed by atoms with Crippen LogP contribution in [0.3, 0.4) is 0 Å². The average Bonchev–Trinajstić information content (AvgIpc) is 2.87. The van der Waals surface area contributed by atoms with E-state index in [1.54, 1.807) is 0 Å². The summed E-state index contributed by atoms with van der Waals surface area (Å²) in [6.07, 6.45) is 4.30. The summed E-state index contributed by atoms with van der Waals surface area (Å²) in [6, 6.07) is 0.481. The molecule has 0 saturated carbocycles. The third kappa shape index (κ3) is 5.30. The van der Waals surface area contributed by atoms with Gasteiger partial charge in [0.1, 0.15) is 0 Å². The number of aliphatic hydroxyl groups is 1. The number of hydrogen-bond acceptors (Lipinski definition) is 4. The maximum atomic E-state index is 9.41. The minimum absolute atomic E-state index is 0.281. The van der Waals surface area contributed by atoms with Crippen LogP contribution in [0.5, 0.6) is 0 Å². The zero-order valence-electron chi connectivity index (χ0n) is 15.3. The van der Waals surface area contributed by atoms with Crippen LogP contribution in [0.1, 0.15) is 44.9 Å². The van der Waals surface area contributed by atoms with Crippen molar-refractivity contribution in [3.05, 3.63) is 17.5 Å². The summed E-state index contributed by atoms with van der Waals surface area (Å²) in [4.78, 5) is 5.10. The van der Waals surface area contributed by atoms with Gasteiger partial charge in [-0.3, -0.25) is 14.5 Å². The van der Waals surface area contributed by atoms with Crippen LogP contribution in [-0.4, -0.2) is 63.5 Å². The van der Waals surface area contributed by atoms with Crippen molar-refractivity contribution in [3.8, 4) is 0 Å². The van der Waals surface area contributed by atoms with E-state index in [0.29, 0.717) is 6.04 Å². The Hall–Kier alpha value is -0.910. The molecule has 1 atom stereocenters. The highest BCUT2D eigenvalue weighted by atomic mass is 16.3. The minimum Gasteiger partial charge on any atom is -0.396 e. The molecule has 1 fully saturated rings. The van der Waals surface area contributed by atoms with Gasteiger partial charge in [0.2, 0.25) is 0 Å². The molecule has 1 aromatic rings. The lowest BCUT2D eigenvalue weighted by Crippen LogP contribution is -2.53. The van der Waals surface area contributed by atoms with Gasteiger partial charge in [0.15, 0.2) is 0 Å². The Morgan fingerprint density at radius 1 is 1.35 bits per heavy atom. The molecule has 1 unspecified atom stereocenters. The molecule has 1 saturated heterocycles. The molecule has 1 N–H and O–H groups in total. The highest BCUT2D eigenvalue weighted by Gasteiger charge is 2.26. The first-order valence-corrected chi connectivity index (χ1v) is 9.13. The maximum Gasteiger partial charge on any atom is 0.0638 e. The van der Waals surface area contributed by atoms with Crippen molar-refractivity contribution in [2.24, 2.45) is 5.92 Å². The summed E-state index contributed by atoms with van der Waals surface area (Å²) in [5.41, 5.74) is 2.48. The van der Waals surface area contributed by atoms with Gasteiger partial charge in [-0.05, 0) is 39.2 Å². The van der Waals surface area contributed by atoms with Crippen molar-refractivity contribution in [3.63, 3.8) is 0 Å². The zero-order chi connectivity index (χ0) is 16.8. The van der Waals surface area contributed by atoms with Crippen LogP contribution in [-0.2, 0) is 13.1 Å². The van der Waals surface area contributed by atoms with Gasteiger partial charge < -0.3 is 5.11 Å². The van der Waals surface area contributed by atoms with E-state index in [0.717, 1.165) is 57.3 Å². The van der Waals surface area contributed by atoms with Crippen LogP contribution in [0.4, 0.5) is 0 Å². The van der Waals surface area contributed by atoms with Gasteiger partial charge in [0.25, 0.3) is 0 Å². The fourth-order valence-electron chi connectivity index (χ4n) is 3.36.